The Labute approximate surface area is 117 Å². The zero-order chi connectivity index (χ0) is 14.1. The van der Waals surface area contributed by atoms with Crippen molar-refractivity contribution < 1.29 is 8.42 Å². The highest BCUT2D eigenvalue weighted by Crippen LogP contribution is 2.39. The molecule has 2 fully saturated rings. The molecule has 2 N–H and O–H groups in total. The van der Waals surface area contributed by atoms with Gasteiger partial charge in [-0.2, -0.15) is 17.4 Å². The van der Waals surface area contributed by atoms with Gasteiger partial charge in [-0.15, -0.1) is 0 Å². The molecule has 0 saturated heterocycles. The molecule has 19 heavy (non-hydrogen) atoms. The van der Waals surface area contributed by atoms with E-state index in [1.54, 1.807) is 7.05 Å². The van der Waals surface area contributed by atoms with Crippen molar-refractivity contribution in [2.45, 2.75) is 57.5 Å². The summed E-state index contributed by atoms with van der Waals surface area (Å²) in [5.41, 5.74) is -0.320. The first-order valence-corrected chi connectivity index (χ1v) is 8.74. The van der Waals surface area contributed by atoms with Gasteiger partial charge in [-0.1, -0.05) is 0 Å². The van der Waals surface area contributed by atoms with Gasteiger partial charge < -0.3 is 5.32 Å². The third kappa shape index (κ3) is 4.70. The van der Waals surface area contributed by atoms with Crippen molar-refractivity contribution in [2.24, 2.45) is 5.92 Å². The number of nitrogens with zero attached hydrogens (tertiary/aromatic N) is 1. The standard InChI is InChI=1S/C13H27N3O2S/c1-13(2,11-5-6-11)15-19(17,18)16(3)10-4-9-14-12-7-8-12/h11-12,14-15H,4-10H2,1-3H3. The van der Waals surface area contributed by atoms with Gasteiger partial charge in [0.25, 0.3) is 10.2 Å². The molecule has 0 aliphatic heterocycles. The molecule has 2 aliphatic carbocycles. The average molecular weight is 289 g/mol. The highest BCUT2D eigenvalue weighted by molar-refractivity contribution is 7.87. The number of hydrogen-bond donors (Lipinski definition) is 2. The molecule has 0 heterocycles. The van der Waals surface area contributed by atoms with Crippen LogP contribution in [0, 0.1) is 5.92 Å². The Kier molecular flexibility index (Phi) is 4.55. The molecule has 6 heteroatoms. The molecule has 0 bridgehead atoms. The van der Waals surface area contributed by atoms with Gasteiger partial charge in [0.2, 0.25) is 0 Å². The first-order valence-electron chi connectivity index (χ1n) is 7.30. The molecular weight excluding hydrogens is 262 g/mol. The fourth-order valence-corrected chi connectivity index (χ4v) is 3.67. The van der Waals surface area contributed by atoms with Gasteiger partial charge in [-0.05, 0) is 58.4 Å². The Morgan fingerprint density at radius 3 is 2.37 bits per heavy atom. The predicted octanol–water partition coefficient (Wildman–Crippen LogP) is 1.08. The third-order valence-corrected chi connectivity index (χ3v) is 5.85. The summed E-state index contributed by atoms with van der Waals surface area (Å²) >= 11 is 0. The Morgan fingerprint density at radius 2 is 1.84 bits per heavy atom. The second-order valence-corrected chi connectivity index (χ2v) is 8.28. The summed E-state index contributed by atoms with van der Waals surface area (Å²) in [7, 11) is -1.70. The van der Waals surface area contributed by atoms with E-state index in [1.165, 1.54) is 17.1 Å². The first-order chi connectivity index (χ1) is 8.81. The van der Waals surface area contributed by atoms with E-state index in [0.717, 1.165) is 25.8 Å². The third-order valence-electron chi connectivity index (χ3n) is 4.06. The lowest BCUT2D eigenvalue weighted by Gasteiger charge is -2.29. The summed E-state index contributed by atoms with van der Waals surface area (Å²) in [6, 6.07) is 0.689. The summed E-state index contributed by atoms with van der Waals surface area (Å²) in [4.78, 5) is 0. The molecule has 2 aliphatic rings. The van der Waals surface area contributed by atoms with E-state index in [-0.39, 0.29) is 5.54 Å². The fourth-order valence-electron chi connectivity index (χ4n) is 2.31. The van der Waals surface area contributed by atoms with Crippen LogP contribution >= 0.6 is 0 Å². The van der Waals surface area contributed by atoms with Gasteiger partial charge in [0, 0.05) is 25.2 Å². The maximum atomic E-state index is 12.2. The number of rotatable bonds is 9. The van der Waals surface area contributed by atoms with Gasteiger partial charge in [0.15, 0.2) is 0 Å². The van der Waals surface area contributed by atoms with Gasteiger partial charge >= 0.3 is 0 Å². The Hall–Kier alpha value is -0.170. The number of nitrogens with one attached hydrogen (secondary N) is 2. The van der Waals surface area contributed by atoms with Crippen LogP contribution in [0.15, 0.2) is 0 Å². The van der Waals surface area contributed by atoms with E-state index in [2.05, 4.69) is 10.0 Å². The maximum Gasteiger partial charge on any atom is 0.279 e. The summed E-state index contributed by atoms with van der Waals surface area (Å²) in [5, 5.41) is 3.40. The zero-order valence-electron chi connectivity index (χ0n) is 12.3. The molecule has 0 radical (unpaired) electrons. The van der Waals surface area contributed by atoms with Crippen LogP contribution in [0.4, 0.5) is 0 Å². The Morgan fingerprint density at radius 1 is 1.21 bits per heavy atom. The van der Waals surface area contributed by atoms with Crippen LogP contribution in [-0.2, 0) is 10.2 Å². The van der Waals surface area contributed by atoms with Gasteiger partial charge in [0.05, 0.1) is 0 Å². The lowest BCUT2D eigenvalue weighted by Crippen LogP contribution is -2.50. The van der Waals surface area contributed by atoms with Crippen LogP contribution < -0.4 is 10.0 Å². The second-order valence-electron chi connectivity index (χ2n) is 6.51. The number of hydrogen-bond acceptors (Lipinski definition) is 3. The van der Waals surface area contributed by atoms with Crippen LogP contribution in [0.5, 0.6) is 0 Å². The molecule has 0 aromatic rings. The zero-order valence-corrected chi connectivity index (χ0v) is 13.1. The van der Waals surface area contributed by atoms with Crippen molar-refractivity contribution in [1.29, 1.82) is 0 Å². The minimum Gasteiger partial charge on any atom is -0.314 e. The van der Waals surface area contributed by atoms with Crippen molar-refractivity contribution in [3.8, 4) is 0 Å². The van der Waals surface area contributed by atoms with E-state index in [9.17, 15) is 8.42 Å². The van der Waals surface area contributed by atoms with E-state index in [0.29, 0.717) is 18.5 Å². The average Bonchev–Trinajstić information content (AvgIpc) is 3.16. The van der Waals surface area contributed by atoms with Gasteiger partial charge in [-0.25, -0.2) is 0 Å². The monoisotopic (exact) mass is 289 g/mol. The predicted molar refractivity (Wildman–Crippen MR) is 77.1 cm³/mol. The molecular formula is C13H27N3O2S. The van der Waals surface area contributed by atoms with Crippen molar-refractivity contribution in [2.75, 3.05) is 20.1 Å². The molecule has 5 nitrogen and oxygen atoms in total. The van der Waals surface area contributed by atoms with Crippen LogP contribution in [0.3, 0.4) is 0 Å². The topological polar surface area (TPSA) is 61.4 Å². The Bertz CT molecular complexity index is 400. The quantitative estimate of drug-likeness (QED) is 0.625. The van der Waals surface area contributed by atoms with Gasteiger partial charge in [0.1, 0.15) is 0 Å². The summed E-state index contributed by atoms with van der Waals surface area (Å²) in [6.07, 6.45) is 5.66. The molecule has 2 rings (SSSR count). The normalized spacial score (nSPS) is 21.1. The van der Waals surface area contributed by atoms with Crippen molar-refractivity contribution in [3.63, 3.8) is 0 Å². The van der Waals surface area contributed by atoms with E-state index >= 15 is 0 Å². The highest BCUT2D eigenvalue weighted by atomic mass is 32.2. The molecule has 0 aromatic heterocycles. The van der Waals surface area contributed by atoms with E-state index in [4.69, 9.17) is 0 Å². The van der Waals surface area contributed by atoms with Crippen LogP contribution in [0.2, 0.25) is 0 Å². The Balaban J connectivity index is 1.73. The fraction of sp³-hybridized carbons (Fsp3) is 1.00. The smallest absolute Gasteiger partial charge is 0.279 e. The molecule has 0 amide bonds. The molecule has 0 atom stereocenters. The summed E-state index contributed by atoms with van der Waals surface area (Å²) in [5.74, 6) is 0.493. The SMILES string of the molecule is CN(CCCNC1CC1)S(=O)(=O)NC(C)(C)C1CC1. The van der Waals surface area contributed by atoms with Crippen molar-refractivity contribution in [1.82, 2.24) is 14.3 Å². The lowest BCUT2D eigenvalue weighted by molar-refractivity contribution is 0.372. The van der Waals surface area contributed by atoms with E-state index < -0.39 is 10.2 Å². The molecule has 2 saturated carbocycles. The van der Waals surface area contributed by atoms with Crippen LogP contribution in [0.1, 0.15) is 46.0 Å². The first kappa shape index (κ1) is 15.2. The van der Waals surface area contributed by atoms with Crippen molar-refractivity contribution >= 4 is 10.2 Å². The molecule has 0 spiro atoms. The van der Waals surface area contributed by atoms with E-state index in [1.807, 2.05) is 13.8 Å². The molecule has 0 aromatic carbocycles. The summed E-state index contributed by atoms with van der Waals surface area (Å²) < 4.78 is 28.7. The minimum absolute atomic E-state index is 0.320. The lowest BCUT2D eigenvalue weighted by atomic mass is 10.0. The minimum atomic E-state index is -3.35. The second kappa shape index (κ2) is 5.68. The highest BCUT2D eigenvalue weighted by Gasteiger charge is 2.41. The molecule has 112 valence electrons. The largest absolute Gasteiger partial charge is 0.314 e. The summed E-state index contributed by atoms with van der Waals surface area (Å²) in [6.45, 7) is 5.42. The van der Waals surface area contributed by atoms with Gasteiger partial charge in [-0.3, -0.25) is 0 Å². The van der Waals surface area contributed by atoms with Crippen LogP contribution in [-0.4, -0.2) is 44.4 Å². The van der Waals surface area contributed by atoms with Crippen molar-refractivity contribution in [3.05, 3.63) is 0 Å². The van der Waals surface area contributed by atoms with Crippen LogP contribution in [0.25, 0.3) is 0 Å². The maximum absolute atomic E-state index is 12.2. The molecule has 0 unspecified atom stereocenters.